The summed E-state index contributed by atoms with van der Waals surface area (Å²) in [6.07, 6.45) is 3.77. The van der Waals surface area contributed by atoms with E-state index in [-0.39, 0.29) is 0 Å². The Hall–Kier alpha value is -0.900. The smallest absolute Gasteiger partial charge is 0.314 e. The first-order valence-corrected chi connectivity index (χ1v) is 6.96. The second-order valence-electron chi connectivity index (χ2n) is 5.03. The van der Waals surface area contributed by atoms with Crippen LogP contribution in [0.1, 0.15) is 43.2 Å². The Morgan fingerprint density at radius 2 is 1.94 bits per heavy atom. The SMILES string of the molecule is Cc1cc(F)c(C2(C(=O)O)CCCCC2)cc1Br. The molecule has 2 rings (SSSR count). The van der Waals surface area contributed by atoms with Crippen LogP contribution in [0, 0.1) is 12.7 Å². The highest BCUT2D eigenvalue weighted by Crippen LogP contribution is 2.42. The van der Waals surface area contributed by atoms with E-state index in [4.69, 9.17) is 0 Å². The van der Waals surface area contributed by atoms with E-state index in [2.05, 4.69) is 15.9 Å². The fourth-order valence-corrected chi connectivity index (χ4v) is 3.11. The minimum absolute atomic E-state index is 0.326. The molecule has 98 valence electrons. The van der Waals surface area contributed by atoms with Gasteiger partial charge in [-0.1, -0.05) is 35.2 Å². The van der Waals surface area contributed by atoms with Gasteiger partial charge in [-0.05, 0) is 37.5 Å². The number of hydrogen-bond acceptors (Lipinski definition) is 1. The van der Waals surface area contributed by atoms with Crippen molar-refractivity contribution in [3.05, 3.63) is 33.5 Å². The van der Waals surface area contributed by atoms with Gasteiger partial charge in [-0.2, -0.15) is 0 Å². The Balaban J connectivity index is 2.55. The molecule has 0 amide bonds. The topological polar surface area (TPSA) is 37.3 Å². The van der Waals surface area contributed by atoms with E-state index < -0.39 is 17.2 Å². The van der Waals surface area contributed by atoms with Crippen molar-refractivity contribution in [2.75, 3.05) is 0 Å². The van der Waals surface area contributed by atoms with E-state index in [1.54, 1.807) is 13.0 Å². The van der Waals surface area contributed by atoms with Crippen molar-refractivity contribution in [2.45, 2.75) is 44.4 Å². The van der Waals surface area contributed by atoms with Crippen LogP contribution in [0.25, 0.3) is 0 Å². The molecule has 0 aliphatic heterocycles. The molecule has 0 heterocycles. The summed E-state index contributed by atoms with van der Waals surface area (Å²) in [5, 5.41) is 9.54. The number of halogens is 2. The van der Waals surface area contributed by atoms with E-state index in [9.17, 15) is 14.3 Å². The van der Waals surface area contributed by atoms with Crippen molar-refractivity contribution in [3.63, 3.8) is 0 Å². The zero-order chi connectivity index (χ0) is 13.3. The molecule has 1 aromatic carbocycles. The first-order chi connectivity index (χ1) is 8.47. The summed E-state index contributed by atoms with van der Waals surface area (Å²) in [6, 6.07) is 3.06. The fourth-order valence-electron chi connectivity index (χ4n) is 2.77. The van der Waals surface area contributed by atoms with Gasteiger partial charge in [-0.25, -0.2) is 4.39 Å². The van der Waals surface area contributed by atoms with Crippen LogP contribution in [0.3, 0.4) is 0 Å². The molecule has 4 heteroatoms. The van der Waals surface area contributed by atoms with Crippen molar-refractivity contribution in [3.8, 4) is 0 Å². The lowest BCUT2D eigenvalue weighted by atomic mass is 9.69. The highest BCUT2D eigenvalue weighted by Gasteiger charge is 2.43. The van der Waals surface area contributed by atoms with Gasteiger partial charge in [0.2, 0.25) is 0 Å². The van der Waals surface area contributed by atoms with Gasteiger partial charge in [-0.15, -0.1) is 0 Å². The molecule has 1 aliphatic carbocycles. The van der Waals surface area contributed by atoms with Crippen LogP contribution in [-0.2, 0) is 10.2 Å². The molecule has 0 aromatic heterocycles. The summed E-state index contributed by atoms with van der Waals surface area (Å²) >= 11 is 3.36. The van der Waals surface area contributed by atoms with Crippen molar-refractivity contribution in [1.82, 2.24) is 0 Å². The molecule has 1 aliphatic rings. The van der Waals surface area contributed by atoms with E-state index in [1.165, 1.54) is 6.07 Å². The highest BCUT2D eigenvalue weighted by atomic mass is 79.9. The van der Waals surface area contributed by atoms with Gasteiger partial charge in [0, 0.05) is 10.0 Å². The van der Waals surface area contributed by atoms with Crippen LogP contribution >= 0.6 is 15.9 Å². The summed E-state index contributed by atoms with van der Waals surface area (Å²) < 4.78 is 14.9. The third kappa shape index (κ3) is 2.18. The Morgan fingerprint density at radius 1 is 1.33 bits per heavy atom. The standard InChI is InChI=1S/C14H16BrFO2/c1-9-7-12(16)10(8-11(9)15)14(13(17)18)5-3-2-4-6-14/h7-8H,2-6H2,1H3,(H,17,18). The van der Waals surface area contributed by atoms with Crippen LogP contribution in [0.5, 0.6) is 0 Å². The number of hydrogen-bond donors (Lipinski definition) is 1. The van der Waals surface area contributed by atoms with Crippen molar-refractivity contribution < 1.29 is 14.3 Å². The van der Waals surface area contributed by atoms with Gasteiger partial charge in [0.25, 0.3) is 0 Å². The van der Waals surface area contributed by atoms with E-state index in [1.807, 2.05) is 0 Å². The minimum Gasteiger partial charge on any atom is -0.481 e. The Morgan fingerprint density at radius 3 is 2.50 bits per heavy atom. The number of carboxylic acid groups (broad SMARTS) is 1. The summed E-state index contributed by atoms with van der Waals surface area (Å²) in [5.41, 5.74) is 0.0678. The number of rotatable bonds is 2. The molecule has 2 nitrogen and oxygen atoms in total. The van der Waals surface area contributed by atoms with E-state index in [0.717, 1.165) is 29.3 Å². The summed E-state index contributed by atoms with van der Waals surface area (Å²) in [6.45, 7) is 1.80. The van der Waals surface area contributed by atoms with Gasteiger partial charge in [-0.3, -0.25) is 4.79 Å². The third-order valence-corrected chi connectivity index (χ3v) is 4.73. The number of aryl methyl sites for hydroxylation is 1. The third-order valence-electron chi connectivity index (χ3n) is 3.88. The first kappa shape index (κ1) is 13.5. The molecule has 18 heavy (non-hydrogen) atoms. The predicted octanol–water partition coefficient (Wildman–Crippen LogP) is 4.18. The molecule has 0 spiro atoms. The van der Waals surface area contributed by atoms with E-state index >= 15 is 0 Å². The molecular formula is C14H16BrFO2. The average Bonchev–Trinajstić information content (AvgIpc) is 2.34. The zero-order valence-electron chi connectivity index (χ0n) is 10.3. The van der Waals surface area contributed by atoms with Gasteiger partial charge in [0.15, 0.2) is 0 Å². The maximum absolute atomic E-state index is 14.1. The van der Waals surface area contributed by atoms with Crippen LogP contribution in [0.15, 0.2) is 16.6 Å². The summed E-state index contributed by atoms with van der Waals surface area (Å²) in [5.74, 6) is -1.31. The molecule has 1 fully saturated rings. The molecule has 1 aromatic rings. The van der Waals surface area contributed by atoms with Crippen molar-refractivity contribution in [1.29, 1.82) is 0 Å². The van der Waals surface area contributed by atoms with Crippen molar-refractivity contribution >= 4 is 21.9 Å². The lowest BCUT2D eigenvalue weighted by molar-refractivity contribution is -0.145. The first-order valence-electron chi connectivity index (χ1n) is 6.17. The average molecular weight is 315 g/mol. The highest BCUT2D eigenvalue weighted by molar-refractivity contribution is 9.10. The van der Waals surface area contributed by atoms with Gasteiger partial charge >= 0.3 is 5.97 Å². The number of carbonyl (C=O) groups is 1. The monoisotopic (exact) mass is 314 g/mol. The quantitative estimate of drug-likeness (QED) is 0.889. The van der Waals surface area contributed by atoms with E-state index in [0.29, 0.717) is 18.4 Å². The molecule has 0 atom stereocenters. The van der Waals surface area contributed by atoms with Crippen molar-refractivity contribution in [2.24, 2.45) is 0 Å². The van der Waals surface area contributed by atoms with Gasteiger partial charge < -0.3 is 5.11 Å². The Labute approximate surface area is 114 Å². The van der Waals surface area contributed by atoms with Crippen LogP contribution < -0.4 is 0 Å². The fraction of sp³-hybridized carbons (Fsp3) is 0.500. The minimum atomic E-state index is -1.04. The zero-order valence-corrected chi connectivity index (χ0v) is 11.9. The normalized spacial score (nSPS) is 18.6. The Bertz CT molecular complexity index is 479. The maximum Gasteiger partial charge on any atom is 0.314 e. The van der Waals surface area contributed by atoms with Crippen LogP contribution in [0.4, 0.5) is 4.39 Å². The molecule has 0 unspecified atom stereocenters. The largest absolute Gasteiger partial charge is 0.481 e. The summed E-state index contributed by atoms with van der Waals surface area (Å²) in [7, 11) is 0. The lowest BCUT2D eigenvalue weighted by Gasteiger charge is -2.34. The molecule has 1 N–H and O–H groups in total. The number of benzene rings is 1. The molecule has 0 saturated heterocycles. The van der Waals surface area contributed by atoms with Gasteiger partial charge in [0.1, 0.15) is 5.82 Å². The van der Waals surface area contributed by atoms with Gasteiger partial charge in [0.05, 0.1) is 5.41 Å². The summed E-state index contributed by atoms with van der Waals surface area (Å²) in [4.78, 5) is 11.6. The second kappa shape index (κ2) is 5.00. The molecule has 0 bridgehead atoms. The Kier molecular flexibility index (Phi) is 3.76. The van der Waals surface area contributed by atoms with Crippen LogP contribution in [0.2, 0.25) is 0 Å². The predicted molar refractivity (Wildman–Crippen MR) is 71.2 cm³/mol. The lowest BCUT2D eigenvalue weighted by Crippen LogP contribution is -2.38. The number of carboxylic acids is 1. The molecule has 0 radical (unpaired) electrons. The number of aliphatic carboxylic acids is 1. The maximum atomic E-state index is 14.1. The molecule has 1 saturated carbocycles. The van der Waals surface area contributed by atoms with Crippen LogP contribution in [-0.4, -0.2) is 11.1 Å². The second-order valence-corrected chi connectivity index (χ2v) is 5.88. The molecular weight excluding hydrogens is 299 g/mol.